The molecule has 0 bridgehead atoms. The minimum Gasteiger partial charge on any atom is -0.496 e. The van der Waals surface area contributed by atoms with Crippen molar-refractivity contribution in [2.45, 2.75) is 19.8 Å². The van der Waals surface area contributed by atoms with Crippen LogP contribution in [-0.2, 0) is 0 Å². The van der Waals surface area contributed by atoms with E-state index in [4.69, 9.17) is 4.74 Å². The van der Waals surface area contributed by atoms with Crippen LogP contribution in [0.4, 0.5) is 0 Å². The van der Waals surface area contributed by atoms with Gasteiger partial charge >= 0.3 is 0 Å². The normalized spacial score (nSPS) is 14.4. The standard InChI is InChI=1S/C21H25N3O3/c1-15(2)16-7-8-17(19(14-16)27-3)20(25)23-10-12-24(13-11-23)21(26)18-6-4-5-9-22-18/h4-9,14-15H,10-13H2,1-3H3. The third-order valence-corrected chi connectivity index (χ3v) is 4.86. The van der Waals surface area contributed by atoms with E-state index in [1.807, 2.05) is 18.2 Å². The van der Waals surface area contributed by atoms with Crippen molar-refractivity contribution >= 4 is 11.8 Å². The van der Waals surface area contributed by atoms with Gasteiger partial charge in [-0.3, -0.25) is 14.6 Å². The quantitative estimate of drug-likeness (QED) is 0.834. The molecule has 1 aliphatic rings. The molecule has 2 amide bonds. The highest BCUT2D eigenvalue weighted by molar-refractivity contribution is 5.97. The number of pyridine rings is 1. The highest BCUT2D eigenvalue weighted by Gasteiger charge is 2.27. The van der Waals surface area contributed by atoms with E-state index in [0.717, 1.165) is 5.56 Å². The van der Waals surface area contributed by atoms with Gasteiger partial charge in [0.15, 0.2) is 0 Å². The number of aromatic nitrogens is 1. The van der Waals surface area contributed by atoms with Gasteiger partial charge in [-0.1, -0.05) is 26.0 Å². The molecule has 6 nitrogen and oxygen atoms in total. The van der Waals surface area contributed by atoms with Gasteiger partial charge in [0.05, 0.1) is 12.7 Å². The summed E-state index contributed by atoms with van der Waals surface area (Å²) in [6.45, 7) is 6.18. The number of hydrogen-bond donors (Lipinski definition) is 0. The van der Waals surface area contributed by atoms with Crippen LogP contribution in [0.5, 0.6) is 5.75 Å². The summed E-state index contributed by atoms with van der Waals surface area (Å²) in [5.74, 6) is 0.802. The first-order valence-electron chi connectivity index (χ1n) is 9.18. The molecule has 27 heavy (non-hydrogen) atoms. The Hall–Kier alpha value is -2.89. The van der Waals surface area contributed by atoms with Crippen molar-refractivity contribution in [2.24, 2.45) is 0 Å². The fourth-order valence-electron chi connectivity index (χ4n) is 3.18. The number of benzene rings is 1. The lowest BCUT2D eigenvalue weighted by molar-refractivity contribution is 0.0530. The number of nitrogens with zero attached hydrogens (tertiary/aromatic N) is 3. The number of ether oxygens (including phenoxy) is 1. The first-order valence-corrected chi connectivity index (χ1v) is 9.18. The average Bonchev–Trinajstić information content (AvgIpc) is 2.73. The van der Waals surface area contributed by atoms with Crippen LogP contribution in [0.15, 0.2) is 42.6 Å². The summed E-state index contributed by atoms with van der Waals surface area (Å²) in [5, 5.41) is 0. The molecule has 2 aromatic rings. The Labute approximate surface area is 159 Å². The molecule has 0 N–H and O–H groups in total. The molecule has 0 radical (unpaired) electrons. The maximum absolute atomic E-state index is 12.9. The predicted molar refractivity (Wildman–Crippen MR) is 103 cm³/mol. The molecule has 1 aliphatic heterocycles. The Morgan fingerprint density at radius 2 is 1.67 bits per heavy atom. The predicted octanol–water partition coefficient (Wildman–Crippen LogP) is 2.81. The number of methoxy groups -OCH3 is 1. The number of amides is 2. The minimum atomic E-state index is -0.0958. The van der Waals surface area contributed by atoms with E-state index in [-0.39, 0.29) is 11.8 Å². The van der Waals surface area contributed by atoms with Gasteiger partial charge in [0.25, 0.3) is 11.8 Å². The molecular weight excluding hydrogens is 342 g/mol. The lowest BCUT2D eigenvalue weighted by atomic mass is 10.0. The molecule has 6 heteroatoms. The maximum atomic E-state index is 12.9. The number of carbonyl (C=O) groups excluding carboxylic acids is 2. The van der Waals surface area contributed by atoms with Crippen molar-refractivity contribution in [3.8, 4) is 5.75 Å². The molecule has 0 aliphatic carbocycles. The van der Waals surface area contributed by atoms with Crippen LogP contribution >= 0.6 is 0 Å². The lowest BCUT2D eigenvalue weighted by Crippen LogP contribution is -2.50. The molecular formula is C21H25N3O3. The van der Waals surface area contributed by atoms with Crippen molar-refractivity contribution < 1.29 is 14.3 Å². The topological polar surface area (TPSA) is 62.7 Å². The summed E-state index contributed by atoms with van der Waals surface area (Å²) in [5.41, 5.74) is 2.13. The van der Waals surface area contributed by atoms with E-state index in [9.17, 15) is 9.59 Å². The number of carbonyl (C=O) groups is 2. The Balaban J connectivity index is 1.67. The zero-order valence-corrected chi connectivity index (χ0v) is 16.0. The number of piperazine rings is 1. The summed E-state index contributed by atoms with van der Waals surface area (Å²) >= 11 is 0. The van der Waals surface area contributed by atoms with Gasteiger partial charge in [0.2, 0.25) is 0 Å². The fourth-order valence-corrected chi connectivity index (χ4v) is 3.18. The highest BCUT2D eigenvalue weighted by atomic mass is 16.5. The van der Waals surface area contributed by atoms with Gasteiger partial charge in [0.1, 0.15) is 11.4 Å². The second-order valence-electron chi connectivity index (χ2n) is 6.91. The fraction of sp³-hybridized carbons (Fsp3) is 0.381. The average molecular weight is 367 g/mol. The van der Waals surface area contributed by atoms with E-state index in [2.05, 4.69) is 18.8 Å². The SMILES string of the molecule is COc1cc(C(C)C)ccc1C(=O)N1CCN(C(=O)c2ccccn2)CC1. The molecule has 0 saturated carbocycles. The van der Waals surface area contributed by atoms with E-state index in [1.165, 1.54) is 0 Å². The third-order valence-electron chi connectivity index (χ3n) is 4.86. The summed E-state index contributed by atoms with van der Waals surface area (Å²) in [7, 11) is 1.58. The zero-order chi connectivity index (χ0) is 19.4. The van der Waals surface area contributed by atoms with Gasteiger partial charge < -0.3 is 14.5 Å². The zero-order valence-electron chi connectivity index (χ0n) is 16.0. The van der Waals surface area contributed by atoms with Crippen molar-refractivity contribution in [1.29, 1.82) is 0 Å². The molecule has 142 valence electrons. The number of rotatable bonds is 4. The minimum absolute atomic E-state index is 0.0629. The monoisotopic (exact) mass is 367 g/mol. The van der Waals surface area contributed by atoms with E-state index in [0.29, 0.717) is 49.1 Å². The first kappa shape index (κ1) is 18.9. The van der Waals surface area contributed by atoms with Crippen LogP contribution in [0.25, 0.3) is 0 Å². The van der Waals surface area contributed by atoms with Gasteiger partial charge in [-0.25, -0.2) is 0 Å². The molecule has 3 rings (SSSR count). The van der Waals surface area contributed by atoms with Gasteiger partial charge in [-0.15, -0.1) is 0 Å². The van der Waals surface area contributed by atoms with Crippen molar-refractivity contribution in [3.05, 3.63) is 59.4 Å². The second kappa shape index (κ2) is 8.20. The van der Waals surface area contributed by atoms with Crippen LogP contribution in [-0.4, -0.2) is 59.9 Å². The lowest BCUT2D eigenvalue weighted by Gasteiger charge is -2.34. The largest absolute Gasteiger partial charge is 0.496 e. The van der Waals surface area contributed by atoms with Crippen molar-refractivity contribution in [2.75, 3.05) is 33.3 Å². The van der Waals surface area contributed by atoms with E-state index >= 15 is 0 Å². The van der Waals surface area contributed by atoms with Crippen LogP contribution in [0.1, 0.15) is 46.2 Å². The van der Waals surface area contributed by atoms with E-state index < -0.39 is 0 Å². The third kappa shape index (κ3) is 4.10. The van der Waals surface area contributed by atoms with Crippen LogP contribution < -0.4 is 4.74 Å². The van der Waals surface area contributed by atoms with Crippen molar-refractivity contribution in [3.63, 3.8) is 0 Å². The Morgan fingerprint density at radius 1 is 1.00 bits per heavy atom. The smallest absolute Gasteiger partial charge is 0.272 e. The van der Waals surface area contributed by atoms with Gasteiger partial charge in [-0.05, 0) is 35.7 Å². The first-order chi connectivity index (χ1) is 13.0. The van der Waals surface area contributed by atoms with Crippen LogP contribution in [0, 0.1) is 0 Å². The van der Waals surface area contributed by atoms with Crippen molar-refractivity contribution in [1.82, 2.24) is 14.8 Å². The van der Waals surface area contributed by atoms with Gasteiger partial charge in [0, 0.05) is 32.4 Å². The van der Waals surface area contributed by atoms with Crippen LogP contribution in [0.3, 0.4) is 0 Å². The Kier molecular flexibility index (Phi) is 5.74. The summed E-state index contributed by atoms with van der Waals surface area (Å²) < 4.78 is 5.45. The number of hydrogen-bond acceptors (Lipinski definition) is 4. The van der Waals surface area contributed by atoms with E-state index in [1.54, 1.807) is 41.3 Å². The molecule has 1 saturated heterocycles. The Bertz CT molecular complexity index is 813. The Morgan fingerprint density at radius 3 is 2.22 bits per heavy atom. The maximum Gasteiger partial charge on any atom is 0.272 e. The summed E-state index contributed by atoms with van der Waals surface area (Å²) in [6, 6.07) is 11.0. The molecule has 2 heterocycles. The highest BCUT2D eigenvalue weighted by Crippen LogP contribution is 2.26. The molecule has 0 atom stereocenters. The molecule has 0 unspecified atom stereocenters. The molecule has 1 aromatic heterocycles. The van der Waals surface area contributed by atoms with Gasteiger partial charge in [-0.2, -0.15) is 0 Å². The molecule has 1 fully saturated rings. The van der Waals surface area contributed by atoms with Crippen LogP contribution in [0.2, 0.25) is 0 Å². The summed E-state index contributed by atoms with van der Waals surface area (Å²) in [4.78, 5) is 33.1. The molecule has 1 aromatic carbocycles. The second-order valence-corrected chi connectivity index (χ2v) is 6.91. The summed E-state index contributed by atoms with van der Waals surface area (Å²) in [6.07, 6.45) is 1.61. The molecule has 0 spiro atoms.